The molecule has 0 aromatic rings. The normalized spacial score (nSPS) is 12.6. The molecule has 66 heavy (non-hydrogen) atoms. The molecule has 0 amide bonds. The van der Waals surface area contributed by atoms with E-state index >= 15 is 0 Å². The minimum Gasteiger partial charge on any atom is -0.463 e. The van der Waals surface area contributed by atoms with Crippen molar-refractivity contribution in [3.63, 3.8) is 0 Å². The van der Waals surface area contributed by atoms with Crippen LogP contribution in [0.3, 0.4) is 0 Å². The van der Waals surface area contributed by atoms with Crippen LogP contribution < -0.4 is 0 Å². The van der Waals surface area contributed by atoms with E-state index in [1.807, 2.05) is 0 Å². The molecule has 0 N–H and O–H groups in total. The highest BCUT2D eigenvalue weighted by molar-refractivity contribution is 5.69. The van der Waals surface area contributed by atoms with Gasteiger partial charge in [-0.3, -0.25) is 9.59 Å². The van der Waals surface area contributed by atoms with Gasteiger partial charge in [-0.05, 0) is 83.5 Å². The summed E-state index contributed by atoms with van der Waals surface area (Å²) in [5, 5.41) is 0. The molecule has 0 bridgehead atoms. The van der Waals surface area contributed by atoms with Crippen molar-refractivity contribution in [2.45, 2.75) is 297 Å². The number of esters is 2. The first-order valence-electron chi connectivity index (χ1n) is 28.8. The lowest BCUT2D eigenvalue weighted by Crippen LogP contribution is -2.29. The number of ether oxygens (including phenoxy) is 3. The van der Waals surface area contributed by atoms with Crippen LogP contribution in [0.4, 0.5) is 0 Å². The van der Waals surface area contributed by atoms with E-state index in [1.165, 1.54) is 199 Å². The van der Waals surface area contributed by atoms with Gasteiger partial charge in [0, 0.05) is 19.4 Å². The van der Waals surface area contributed by atoms with Gasteiger partial charge in [-0.1, -0.05) is 255 Å². The summed E-state index contributed by atoms with van der Waals surface area (Å²) < 4.78 is 17.5. The summed E-state index contributed by atoms with van der Waals surface area (Å²) >= 11 is 0. The monoisotopic (exact) mass is 923 g/mol. The Labute approximate surface area is 411 Å². The van der Waals surface area contributed by atoms with Crippen molar-refractivity contribution in [2.75, 3.05) is 19.8 Å². The zero-order valence-electron chi connectivity index (χ0n) is 44.2. The van der Waals surface area contributed by atoms with Crippen LogP contribution in [-0.2, 0) is 23.8 Å². The maximum atomic E-state index is 12.7. The van der Waals surface area contributed by atoms with Gasteiger partial charge >= 0.3 is 11.9 Å². The number of carbonyl (C=O) groups excluding carboxylic acids is 2. The summed E-state index contributed by atoms with van der Waals surface area (Å²) in [5.41, 5.74) is 0. The quantitative estimate of drug-likeness (QED) is 0.0346. The number of rotatable bonds is 53. The molecule has 0 aliphatic heterocycles. The average molecular weight is 924 g/mol. The molecule has 0 heterocycles. The smallest absolute Gasteiger partial charge is 0.305 e. The maximum absolute atomic E-state index is 12.7. The topological polar surface area (TPSA) is 61.8 Å². The molecule has 1 atom stereocenters. The molecule has 0 spiro atoms. The van der Waals surface area contributed by atoms with E-state index in [0.717, 1.165) is 57.8 Å². The van der Waals surface area contributed by atoms with E-state index < -0.39 is 6.10 Å². The molecule has 5 heteroatoms. The summed E-state index contributed by atoms with van der Waals surface area (Å²) in [4.78, 5) is 25.3. The Morgan fingerprint density at radius 2 is 0.591 bits per heavy atom. The van der Waals surface area contributed by atoms with Gasteiger partial charge in [-0.25, -0.2) is 0 Å². The Hall–Kier alpha value is -2.40. The largest absolute Gasteiger partial charge is 0.463 e. The molecule has 0 unspecified atom stereocenters. The van der Waals surface area contributed by atoms with Crippen LogP contribution in [0.2, 0.25) is 0 Å². The van der Waals surface area contributed by atoms with Crippen LogP contribution in [0, 0.1) is 0 Å². The fourth-order valence-electron chi connectivity index (χ4n) is 8.18. The second-order valence-electron chi connectivity index (χ2n) is 19.2. The Bertz CT molecular complexity index is 1130. The predicted molar refractivity (Wildman–Crippen MR) is 288 cm³/mol. The van der Waals surface area contributed by atoms with E-state index in [0.29, 0.717) is 19.4 Å². The zero-order valence-corrected chi connectivity index (χ0v) is 44.2. The first-order chi connectivity index (χ1) is 32.6. The SMILES string of the molecule is CCCCC/C=C\C/C=C\C/C=C\C/C=C\CCCC(=O)OC[C@H](COC(=O)CCCCCCCCC/C=C\CCCCCCCC)OCCCCCCCCCCCCCCCCCC. The predicted octanol–water partition coefficient (Wildman–Crippen LogP) is 19.7. The third kappa shape index (κ3) is 54.2. The Balaban J connectivity index is 4.33. The second kappa shape index (κ2) is 56.9. The fraction of sp³-hybridized carbons (Fsp3) is 0.803. The van der Waals surface area contributed by atoms with Crippen molar-refractivity contribution in [2.24, 2.45) is 0 Å². The lowest BCUT2D eigenvalue weighted by molar-refractivity contribution is -0.155. The second-order valence-corrected chi connectivity index (χ2v) is 19.2. The van der Waals surface area contributed by atoms with Gasteiger partial charge in [-0.2, -0.15) is 0 Å². The van der Waals surface area contributed by atoms with Gasteiger partial charge in [0.15, 0.2) is 0 Å². The summed E-state index contributed by atoms with van der Waals surface area (Å²) in [6.07, 6.45) is 72.6. The van der Waals surface area contributed by atoms with Crippen molar-refractivity contribution in [1.29, 1.82) is 0 Å². The molecule has 0 aliphatic carbocycles. The van der Waals surface area contributed by atoms with Crippen LogP contribution in [-0.4, -0.2) is 37.9 Å². The first-order valence-corrected chi connectivity index (χ1v) is 28.8. The van der Waals surface area contributed by atoms with E-state index in [-0.39, 0.29) is 25.2 Å². The molecular weight excluding hydrogens is 813 g/mol. The number of allylic oxidation sites excluding steroid dienone is 10. The lowest BCUT2D eigenvalue weighted by atomic mass is 10.0. The standard InChI is InChI=1S/C61H110O5/c1-4-7-10-13-16-19-22-25-28-31-33-36-39-42-45-48-51-54-60(62)65-57-59(64-56-53-50-47-44-41-38-35-30-27-24-21-18-15-12-9-6-3)58-66-61(63)55-52-49-46-43-40-37-34-32-29-26-23-20-17-14-11-8-5-2/h16,19,25-26,28-29,33,36,42,45,59H,4-15,17-18,20-24,27,30-32,34-35,37-41,43-44,46-58H2,1-3H3/b19-16-,28-25-,29-26-,36-33-,45-42-/t59-/m1/s1. The van der Waals surface area contributed by atoms with Crippen LogP contribution in [0.5, 0.6) is 0 Å². The van der Waals surface area contributed by atoms with Crippen LogP contribution in [0.1, 0.15) is 290 Å². The molecule has 0 saturated heterocycles. The van der Waals surface area contributed by atoms with Gasteiger partial charge in [0.2, 0.25) is 0 Å². The molecule has 0 rings (SSSR count). The number of hydrogen-bond donors (Lipinski definition) is 0. The summed E-state index contributed by atoms with van der Waals surface area (Å²) in [7, 11) is 0. The lowest BCUT2D eigenvalue weighted by Gasteiger charge is -2.18. The molecule has 384 valence electrons. The van der Waals surface area contributed by atoms with Crippen LogP contribution in [0.15, 0.2) is 60.8 Å². The molecular formula is C61H110O5. The number of hydrogen-bond acceptors (Lipinski definition) is 5. The number of unbranched alkanes of at least 4 members (excludes halogenated alkanes) is 32. The average Bonchev–Trinajstić information content (AvgIpc) is 3.32. The molecule has 5 nitrogen and oxygen atoms in total. The molecule has 0 aromatic carbocycles. The van der Waals surface area contributed by atoms with Crippen LogP contribution >= 0.6 is 0 Å². The Kier molecular flexibility index (Phi) is 54.9. The Morgan fingerprint density at radius 1 is 0.318 bits per heavy atom. The molecule has 0 aliphatic rings. The minimum absolute atomic E-state index is 0.129. The highest BCUT2D eigenvalue weighted by Gasteiger charge is 2.16. The third-order valence-electron chi connectivity index (χ3n) is 12.6. The van der Waals surface area contributed by atoms with E-state index in [9.17, 15) is 9.59 Å². The van der Waals surface area contributed by atoms with Crippen molar-refractivity contribution >= 4 is 11.9 Å². The van der Waals surface area contributed by atoms with Gasteiger partial charge in [-0.15, -0.1) is 0 Å². The first kappa shape index (κ1) is 63.6. The third-order valence-corrected chi connectivity index (χ3v) is 12.6. The zero-order chi connectivity index (χ0) is 47.7. The van der Waals surface area contributed by atoms with Crippen molar-refractivity contribution in [1.82, 2.24) is 0 Å². The van der Waals surface area contributed by atoms with E-state index in [4.69, 9.17) is 14.2 Å². The molecule has 0 saturated carbocycles. The highest BCUT2D eigenvalue weighted by Crippen LogP contribution is 2.15. The Morgan fingerprint density at radius 3 is 1.00 bits per heavy atom. The van der Waals surface area contributed by atoms with Crippen molar-refractivity contribution in [3.8, 4) is 0 Å². The minimum atomic E-state index is -0.423. The van der Waals surface area contributed by atoms with Crippen LogP contribution in [0.25, 0.3) is 0 Å². The van der Waals surface area contributed by atoms with Crippen molar-refractivity contribution in [3.05, 3.63) is 60.8 Å². The van der Waals surface area contributed by atoms with Gasteiger partial charge < -0.3 is 14.2 Å². The summed E-state index contributed by atoms with van der Waals surface area (Å²) in [5.74, 6) is -0.391. The van der Waals surface area contributed by atoms with Gasteiger partial charge in [0.25, 0.3) is 0 Å². The fourth-order valence-corrected chi connectivity index (χ4v) is 8.18. The van der Waals surface area contributed by atoms with E-state index in [1.54, 1.807) is 0 Å². The summed E-state index contributed by atoms with van der Waals surface area (Å²) in [6.45, 7) is 7.67. The molecule has 0 radical (unpaired) electrons. The van der Waals surface area contributed by atoms with E-state index in [2.05, 4.69) is 81.5 Å². The summed E-state index contributed by atoms with van der Waals surface area (Å²) in [6, 6.07) is 0. The molecule has 0 fully saturated rings. The van der Waals surface area contributed by atoms with Gasteiger partial charge in [0.05, 0.1) is 0 Å². The highest BCUT2D eigenvalue weighted by atomic mass is 16.6. The number of carbonyl (C=O) groups is 2. The van der Waals surface area contributed by atoms with Crippen molar-refractivity contribution < 1.29 is 23.8 Å². The molecule has 0 aromatic heterocycles. The maximum Gasteiger partial charge on any atom is 0.305 e. The van der Waals surface area contributed by atoms with Gasteiger partial charge in [0.1, 0.15) is 19.3 Å².